The molecule has 1 aliphatic heterocycles. The summed E-state index contributed by atoms with van der Waals surface area (Å²) in [5.41, 5.74) is 1.26. The van der Waals surface area contributed by atoms with Gasteiger partial charge in [0.2, 0.25) is 0 Å². The number of amides is 2. The second-order valence-electron chi connectivity index (χ2n) is 6.87. The van der Waals surface area contributed by atoms with Crippen LogP contribution in [0.15, 0.2) is 42.5 Å². The lowest BCUT2D eigenvalue weighted by Crippen LogP contribution is -2.32. The fourth-order valence-corrected chi connectivity index (χ4v) is 3.28. The van der Waals surface area contributed by atoms with E-state index in [2.05, 4.69) is 10.6 Å². The first-order chi connectivity index (χ1) is 14.6. The molecule has 160 valence electrons. The van der Waals surface area contributed by atoms with Gasteiger partial charge in [0, 0.05) is 18.7 Å². The first kappa shape index (κ1) is 21.6. The average Bonchev–Trinajstić information content (AvgIpc) is 3.27. The molecular formula is C23H28N2O5. The fourth-order valence-electron chi connectivity index (χ4n) is 3.28. The summed E-state index contributed by atoms with van der Waals surface area (Å²) >= 11 is 0. The molecule has 7 nitrogen and oxygen atoms in total. The average molecular weight is 412 g/mol. The van der Waals surface area contributed by atoms with Gasteiger partial charge in [-0.3, -0.25) is 9.59 Å². The van der Waals surface area contributed by atoms with Gasteiger partial charge in [-0.05, 0) is 57.0 Å². The molecule has 7 heteroatoms. The van der Waals surface area contributed by atoms with Crippen molar-refractivity contribution in [2.45, 2.75) is 32.8 Å². The third-order valence-corrected chi connectivity index (χ3v) is 4.74. The van der Waals surface area contributed by atoms with E-state index >= 15 is 0 Å². The van der Waals surface area contributed by atoms with Gasteiger partial charge >= 0.3 is 0 Å². The van der Waals surface area contributed by atoms with Crippen LogP contribution in [0.1, 0.15) is 47.4 Å². The van der Waals surface area contributed by atoms with Gasteiger partial charge < -0.3 is 24.8 Å². The number of hydrogen-bond acceptors (Lipinski definition) is 5. The molecule has 0 unspecified atom stereocenters. The number of benzene rings is 2. The summed E-state index contributed by atoms with van der Waals surface area (Å²) in [6.07, 6.45) is 2.01. The number of nitrogens with one attached hydrogen (secondary N) is 2. The summed E-state index contributed by atoms with van der Waals surface area (Å²) in [7, 11) is 0. The molecule has 0 saturated carbocycles. The molecule has 0 radical (unpaired) electrons. The lowest BCUT2D eigenvalue weighted by molar-refractivity contribution is 0.0858. The minimum atomic E-state index is -0.335. The first-order valence-corrected chi connectivity index (χ1v) is 10.3. The molecule has 3 rings (SSSR count). The highest BCUT2D eigenvalue weighted by Crippen LogP contribution is 2.29. The van der Waals surface area contributed by atoms with Crippen molar-refractivity contribution in [2.24, 2.45) is 0 Å². The monoisotopic (exact) mass is 412 g/mol. The molecule has 1 fully saturated rings. The summed E-state index contributed by atoms with van der Waals surface area (Å²) in [5, 5.41) is 5.72. The molecular weight excluding hydrogens is 384 g/mol. The van der Waals surface area contributed by atoms with E-state index in [0.29, 0.717) is 48.1 Å². The molecule has 2 N–H and O–H groups in total. The van der Waals surface area contributed by atoms with Crippen LogP contribution in [0.2, 0.25) is 0 Å². The van der Waals surface area contributed by atoms with Crippen LogP contribution in [0, 0.1) is 0 Å². The highest BCUT2D eigenvalue weighted by molar-refractivity contribution is 6.09. The number of rotatable bonds is 9. The quantitative estimate of drug-likeness (QED) is 0.657. The standard InChI is InChI=1S/C23H28N2O5/c1-3-28-20-12-11-16(14-21(20)29-4-2)22(26)25-19-10-6-5-9-18(19)23(27)24-15-17-8-7-13-30-17/h5-6,9-12,14,17H,3-4,7-8,13,15H2,1-2H3,(H,24,27)(H,25,26)/t17-/m1/s1. The number of hydrogen-bond donors (Lipinski definition) is 2. The Labute approximate surface area is 176 Å². The van der Waals surface area contributed by atoms with Crippen molar-refractivity contribution in [2.75, 3.05) is 31.7 Å². The van der Waals surface area contributed by atoms with Gasteiger partial charge in [-0.1, -0.05) is 12.1 Å². The van der Waals surface area contributed by atoms with Gasteiger partial charge in [0.25, 0.3) is 11.8 Å². The Morgan fingerprint density at radius 2 is 1.80 bits per heavy atom. The topological polar surface area (TPSA) is 85.9 Å². The van der Waals surface area contributed by atoms with E-state index in [1.54, 1.807) is 42.5 Å². The van der Waals surface area contributed by atoms with Crippen molar-refractivity contribution in [1.29, 1.82) is 0 Å². The Bertz CT molecular complexity index is 878. The zero-order valence-electron chi connectivity index (χ0n) is 17.4. The molecule has 1 atom stereocenters. The maximum absolute atomic E-state index is 12.8. The number of anilines is 1. The van der Waals surface area contributed by atoms with Gasteiger partial charge in [0.1, 0.15) is 0 Å². The van der Waals surface area contributed by atoms with Crippen molar-refractivity contribution in [3.8, 4) is 11.5 Å². The minimum Gasteiger partial charge on any atom is -0.490 e. The third-order valence-electron chi connectivity index (χ3n) is 4.74. The summed E-state index contributed by atoms with van der Waals surface area (Å²) < 4.78 is 16.7. The lowest BCUT2D eigenvalue weighted by Gasteiger charge is -2.15. The van der Waals surface area contributed by atoms with Crippen LogP contribution in [0.5, 0.6) is 11.5 Å². The van der Waals surface area contributed by atoms with Crippen LogP contribution < -0.4 is 20.1 Å². The molecule has 1 aliphatic rings. The Kier molecular flexibility index (Phi) is 7.68. The van der Waals surface area contributed by atoms with E-state index in [-0.39, 0.29) is 17.9 Å². The largest absolute Gasteiger partial charge is 0.490 e. The van der Waals surface area contributed by atoms with Gasteiger partial charge in [0.05, 0.1) is 30.6 Å². The van der Waals surface area contributed by atoms with Gasteiger partial charge in [-0.25, -0.2) is 0 Å². The van der Waals surface area contributed by atoms with E-state index in [0.717, 1.165) is 19.4 Å². The van der Waals surface area contributed by atoms with Crippen LogP contribution >= 0.6 is 0 Å². The van der Waals surface area contributed by atoms with Crippen LogP contribution in [-0.4, -0.2) is 44.3 Å². The molecule has 0 aliphatic carbocycles. The molecule has 1 heterocycles. The first-order valence-electron chi connectivity index (χ1n) is 10.3. The van der Waals surface area contributed by atoms with E-state index in [9.17, 15) is 9.59 Å². The Morgan fingerprint density at radius 3 is 2.53 bits per heavy atom. The van der Waals surface area contributed by atoms with Gasteiger partial charge in [-0.15, -0.1) is 0 Å². The predicted octanol–water partition coefficient (Wildman–Crippen LogP) is 3.65. The van der Waals surface area contributed by atoms with Crippen molar-refractivity contribution in [3.05, 3.63) is 53.6 Å². The second kappa shape index (κ2) is 10.6. The van der Waals surface area contributed by atoms with Crippen LogP contribution in [-0.2, 0) is 4.74 Å². The molecule has 1 saturated heterocycles. The number of carbonyl (C=O) groups is 2. The predicted molar refractivity (Wildman–Crippen MR) is 114 cm³/mol. The van der Waals surface area contributed by atoms with Crippen molar-refractivity contribution >= 4 is 17.5 Å². The Morgan fingerprint density at radius 1 is 1.03 bits per heavy atom. The van der Waals surface area contributed by atoms with Crippen LogP contribution in [0.3, 0.4) is 0 Å². The zero-order chi connectivity index (χ0) is 21.3. The molecule has 0 aromatic heterocycles. The Balaban J connectivity index is 1.72. The summed E-state index contributed by atoms with van der Waals surface area (Å²) in [6, 6.07) is 12.0. The van der Waals surface area contributed by atoms with E-state index < -0.39 is 0 Å². The number of para-hydroxylation sites is 1. The minimum absolute atomic E-state index is 0.0524. The van der Waals surface area contributed by atoms with Crippen LogP contribution in [0.4, 0.5) is 5.69 Å². The van der Waals surface area contributed by atoms with Crippen LogP contribution in [0.25, 0.3) is 0 Å². The molecule has 2 aromatic rings. The van der Waals surface area contributed by atoms with E-state index in [4.69, 9.17) is 14.2 Å². The maximum Gasteiger partial charge on any atom is 0.255 e. The van der Waals surface area contributed by atoms with Gasteiger partial charge in [-0.2, -0.15) is 0 Å². The highest BCUT2D eigenvalue weighted by Gasteiger charge is 2.19. The summed E-state index contributed by atoms with van der Waals surface area (Å²) in [5.74, 6) is 0.515. The molecule has 2 aromatic carbocycles. The maximum atomic E-state index is 12.8. The van der Waals surface area contributed by atoms with Crippen molar-refractivity contribution in [3.63, 3.8) is 0 Å². The Hall–Kier alpha value is -3.06. The second-order valence-corrected chi connectivity index (χ2v) is 6.87. The normalized spacial score (nSPS) is 15.5. The molecule has 0 bridgehead atoms. The number of ether oxygens (including phenoxy) is 3. The lowest BCUT2D eigenvalue weighted by atomic mass is 10.1. The fraction of sp³-hybridized carbons (Fsp3) is 0.391. The van der Waals surface area contributed by atoms with Crippen molar-refractivity contribution < 1.29 is 23.8 Å². The summed E-state index contributed by atoms with van der Waals surface area (Å²) in [4.78, 5) is 25.5. The zero-order valence-corrected chi connectivity index (χ0v) is 17.4. The van der Waals surface area contributed by atoms with Crippen molar-refractivity contribution in [1.82, 2.24) is 5.32 Å². The highest BCUT2D eigenvalue weighted by atomic mass is 16.5. The molecule has 30 heavy (non-hydrogen) atoms. The van der Waals surface area contributed by atoms with E-state index in [1.807, 2.05) is 13.8 Å². The molecule has 2 amide bonds. The SMILES string of the molecule is CCOc1ccc(C(=O)Nc2ccccc2C(=O)NC[C@H]2CCCO2)cc1OCC. The molecule has 0 spiro atoms. The third kappa shape index (κ3) is 5.51. The van der Waals surface area contributed by atoms with Gasteiger partial charge in [0.15, 0.2) is 11.5 Å². The number of carbonyl (C=O) groups excluding carboxylic acids is 2. The smallest absolute Gasteiger partial charge is 0.255 e. The van der Waals surface area contributed by atoms with E-state index in [1.165, 1.54) is 0 Å². The summed E-state index contributed by atoms with van der Waals surface area (Å²) in [6.45, 7) is 5.90.